The van der Waals surface area contributed by atoms with Gasteiger partial charge in [0, 0.05) is 82.7 Å². The first-order chi connectivity index (χ1) is 20.9. The molecule has 0 radical (unpaired) electrons. The van der Waals surface area contributed by atoms with Crippen LogP contribution in [-0.2, 0) is 21.3 Å². The van der Waals surface area contributed by atoms with E-state index in [0.29, 0.717) is 32.3 Å². The summed E-state index contributed by atoms with van der Waals surface area (Å²) in [5.41, 5.74) is 3.79. The Labute approximate surface area is 255 Å². The molecule has 2 fully saturated rings. The summed E-state index contributed by atoms with van der Waals surface area (Å²) in [6, 6.07) is 9.24. The number of sulfonamides is 1. The molecular formula is C28H37N7O6S2. The van der Waals surface area contributed by atoms with E-state index in [4.69, 9.17) is 15.1 Å². The van der Waals surface area contributed by atoms with Gasteiger partial charge >= 0.3 is 0 Å². The van der Waals surface area contributed by atoms with E-state index >= 15 is 0 Å². The topological polar surface area (TPSA) is 152 Å². The molecule has 0 unspecified atom stereocenters. The predicted octanol–water partition coefficient (Wildman–Crippen LogP) is 0.962. The highest BCUT2D eigenvalue weighted by Gasteiger charge is 2.29. The van der Waals surface area contributed by atoms with Gasteiger partial charge in [0.05, 0.1) is 30.3 Å². The second kappa shape index (κ2) is 14.6. The number of carbonyl (C=O) groups excluding carboxylic acids is 1. The number of benzene rings is 1. The van der Waals surface area contributed by atoms with E-state index in [1.165, 1.54) is 21.6 Å². The number of aliphatic hydroxyl groups excluding tert-OH is 1. The molecule has 1 amide bonds. The first-order valence-electron chi connectivity index (χ1n) is 14.2. The standard InChI is InChI=1S/C28H37N7O6S2/c36-15-17-41-16-14-32-6-8-33(9-7-32)21-26-25(5-18-42-26)22-1-3-24(4-2-22)43(39,40)35-12-10-34(11-13-35)28-29-19-23(20-30-28)27(37)31-38/h1-5,18-20,36,38H,6-17,21H2,(H,31,37). The molecule has 1 aromatic carbocycles. The van der Waals surface area contributed by atoms with Crippen LogP contribution in [0, 0.1) is 0 Å². The Hall–Kier alpha value is -3.02. The Kier molecular flexibility index (Phi) is 10.7. The van der Waals surface area contributed by atoms with Crippen LogP contribution in [0.15, 0.2) is 53.0 Å². The van der Waals surface area contributed by atoms with Crippen molar-refractivity contribution in [1.82, 2.24) is 29.6 Å². The summed E-state index contributed by atoms with van der Waals surface area (Å²) in [6.07, 6.45) is 2.63. The number of aliphatic hydroxyl groups is 1. The minimum absolute atomic E-state index is 0.0532. The van der Waals surface area contributed by atoms with Gasteiger partial charge in [-0.3, -0.25) is 19.8 Å². The van der Waals surface area contributed by atoms with Crippen LogP contribution in [0.5, 0.6) is 0 Å². The summed E-state index contributed by atoms with van der Waals surface area (Å²) < 4.78 is 33.7. The third-order valence-corrected chi connectivity index (χ3v) is 10.5. The number of anilines is 1. The summed E-state index contributed by atoms with van der Waals surface area (Å²) in [5.74, 6) is -0.302. The predicted molar refractivity (Wildman–Crippen MR) is 162 cm³/mol. The van der Waals surface area contributed by atoms with Crippen LogP contribution >= 0.6 is 11.3 Å². The molecular weight excluding hydrogens is 594 g/mol. The average molecular weight is 632 g/mol. The number of carbonyl (C=O) groups is 1. The van der Waals surface area contributed by atoms with Gasteiger partial charge in [0.2, 0.25) is 16.0 Å². The van der Waals surface area contributed by atoms with Gasteiger partial charge in [-0.05, 0) is 34.7 Å². The Bertz CT molecular complexity index is 1440. The first-order valence-corrected chi connectivity index (χ1v) is 16.5. The number of hydrogen-bond acceptors (Lipinski definition) is 12. The molecule has 0 saturated carbocycles. The summed E-state index contributed by atoms with van der Waals surface area (Å²) in [4.78, 5) is 28.1. The molecule has 2 saturated heterocycles. The van der Waals surface area contributed by atoms with Crippen molar-refractivity contribution in [3.63, 3.8) is 0 Å². The molecule has 43 heavy (non-hydrogen) atoms. The largest absolute Gasteiger partial charge is 0.394 e. The normalized spacial score (nSPS) is 17.3. The molecule has 3 aromatic rings. The minimum Gasteiger partial charge on any atom is -0.394 e. The highest BCUT2D eigenvalue weighted by Crippen LogP contribution is 2.31. The summed E-state index contributed by atoms with van der Waals surface area (Å²) >= 11 is 1.72. The van der Waals surface area contributed by atoms with Gasteiger partial charge in [0.15, 0.2) is 0 Å². The van der Waals surface area contributed by atoms with E-state index in [1.54, 1.807) is 28.9 Å². The van der Waals surface area contributed by atoms with Crippen molar-refractivity contribution in [1.29, 1.82) is 0 Å². The molecule has 2 aliphatic heterocycles. The number of nitrogens with zero attached hydrogens (tertiary/aromatic N) is 6. The van der Waals surface area contributed by atoms with Gasteiger partial charge < -0.3 is 14.7 Å². The van der Waals surface area contributed by atoms with Crippen molar-refractivity contribution in [2.75, 3.05) is 83.6 Å². The van der Waals surface area contributed by atoms with Crippen LogP contribution in [0.3, 0.4) is 0 Å². The van der Waals surface area contributed by atoms with Gasteiger partial charge in [0.1, 0.15) is 0 Å². The number of nitrogens with one attached hydrogen (secondary N) is 1. The zero-order chi connectivity index (χ0) is 30.2. The highest BCUT2D eigenvalue weighted by atomic mass is 32.2. The fourth-order valence-electron chi connectivity index (χ4n) is 5.20. The third-order valence-electron chi connectivity index (χ3n) is 7.69. The van der Waals surface area contributed by atoms with E-state index in [1.807, 2.05) is 17.0 Å². The second-order valence-electron chi connectivity index (χ2n) is 10.3. The molecule has 0 spiro atoms. The van der Waals surface area contributed by atoms with Gasteiger partial charge in [-0.15, -0.1) is 11.3 Å². The molecule has 13 nitrogen and oxygen atoms in total. The Morgan fingerprint density at radius 3 is 2.26 bits per heavy atom. The maximum Gasteiger partial charge on any atom is 0.277 e. The maximum absolute atomic E-state index is 13.4. The van der Waals surface area contributed by atoms with Crippen LogP contribution in [0.4, 0.5) is 5.95 Å². The van der Waals surface area contributed by atoms with Crippen molar-refractivity contribution in [2.45, 2.75) is 11.4 Å². The van der Waals surface area contributed by atoms with Crippen LogP contribution in [0.1, 0.15) is 15.2 Å². The van der Waals surface area contributed by atoms with Crippen LogP contribution in [0.25, 0.3) is 11.1 Å². The molecule has 232 valence electrons. The van der Waals surface area contributed by atoms with E-state index < -0.39 is 15.9 Å². The molecule has 0 bridgehead atoms. The number of thiophene rings is 1. The second-order valence-corrected chi connectivity index (χ2v) is 13.3. The van der Waals surface area contributed by atoms with Gasteiger partial charge in [-0.2, -0.15) is 4.31 Å². The van der Waals surface area contributed by atoms with Crippen molar-refractivity contribution < 1.29 is 28.3 Å². The number of rotatable bonds is 12. The number of amides is 1. The monoisotopic (exact) mass is 631 g/mol. The minimum atomic E-state index is -3.67. The molecule has 2 aliphatic rings. The number of hydrogen-bond donors (Lipinski definition) is 3. The van der Waals surface area contributed by atoms with Crippen molar-refractivity contribution >= 4 is 33.2 Å². The summed E-state index contributed by atoms with van der Waals surface area (Å²) in [5, 5.41) is 19.7. The molecule has 0 atom stereocenters. The van der Waals surface area contributed by atoms with E-state index in [0.717, 1.165) is 50.4 Å². The lowest BCUT2D eigenvalue weighted by atomic mass is 10.1. The van der Waals surface area contributed by atoms with Gasteiger partial charge in [0.25, 0.3) is 5.91 Å². The summed E-state index contributed by atoms with van der Waals surface area (Å²) in [7, 11) is -3.67. The summed E-state index contributed by atoms with van der Waals surface area (Å²) in [6.45, 7) is 8.08. The quantitative estimate of drug-likeness (QED) is 0.149. The molecule has 15 heteroatoms. The zero-order valence-corrected chi connectivity index (χ0v) is 25.5. The SMILES string of the molecule is O=C(NO)c1cnc(N2CCN(S(=O)(=O)c3ccc(-c4ccsc4CN4CCN(CCOCCO)CC4)cc3)CC2)nc1. The molecule has 5 rings (SSSR count). The number of piperazine rings is 2. The highest BCUT2D eigenvalue weighted by molar-refractivity contribution is 7.89. The van der Waals surface area contributed by atoms with Crippen LogP contribution < -0.4 is 10.4 Å². The lowest BCUT2D eigenvalue weighted by molar-refractivity contribution is 0.0565. The van der Waals surface area contributed by atoms with E-state index in [9.17, 15) is 13.2 Å². The van der Waals surface area contributed by atoms with Crippen molar-refractivity contribution in [3.8, 4) is 11.1 Å². The smallest absolute Gasteiger partial charge is 0.277 e. The van der Waals surface area contributed by atoms with Crippen LogP contribution in [-0.4, -0.2) is 127 Å². The first kappa shape index (κ1) is 31.4. The van der Waals surface area contributed by atoms with Crippen LogP contribution in [0.2, 0.25) is 0 Å². The van der Waals surface area contributed by atoms with E-state index in [-0.39, 0.29) is 30.2 Å². The van der Waals surface area contributed by atoms with Crippen molar-refractivity contribution in [3.05, 3.63) is 58.5 Å². The van der Waals surface area contributed by atoms with Crippen molar-refractivity contribution in [2.24, 2.45) is 0 Å². The molecule has 2 aromatic heterocycles. The van der Waals surface area contributed by atoms with Gasteiger partial charge in [-0.25, -0.2) is 23.9 Å². The molecule has 3 N–H and O–H groups in total. The Morgan fingerprint density at radius 1 is 0.930 bits per heavy atom. The lowest BCUT2D eigenvalue weighted by Crippen LogP contribution is -2.49. The number of aromatic nitrogens is 2. The third kappa shape index (κ3) is 7.74. The molecule has 4 heterocycles. The van der Waals surface area contributed by atoms with E-state index in [2.05, 4.69) is 31.2 Å². The zero-order valence-electron chi connectivity index (χ0n) is 23.8. The lowest BCUT2D eigenvalue weighted by Gasteiger charge is -2.34. The van der Waals surface area contributed by atoms with Gasteiger partial charge in [-0.1, -0.05) is 12.1 Å². The number of ether oxygens (including phenoxy) is 1. The number of hydroxylamine groups is 1. The Morgan fingerprint density at radius 2 is 1.60 bits per heavy atom. The average Bonchev–Trinajstić information content (AvgIpc) is 3.51. The fourth-order valence-corrected chi connectivity index (χ4v) is 7.57. The maximum atomic E-state index is 13.4. The molecule has 0 aliphatic carbocycles. The fraction of sp³-hybridized carbons (Fsp3) is 0.464. The Balaban J connectivity index is 1.15.